The van der Waals surface area contributed by atoms with Gasteiger partial charge in [-0.15, -0.1) is 0 Å². The SMILES string of the molecule is CCc1nn(C)c2c(=O)n(C[C@@H]3CCCCN3C)cnc12. The van der Waals surface area contributed by atoms with Gasteiger partial charge >= 0.3 is 0 Å². The summed E-state index contributed by atoms with van der Waals surface area (Å²) in [5.74, 6) is 0. The van der Waals surface area contributed by atoms with Crippen molar-refractivity contribution in [2.24, 2.45) is 7.05 Å². The molecule has 21 heavy (non-hydrogen) atoms. The zero-order chi connectivity index (χ0) is 15.0. The first kappa shape index (κ1) is 14.3. The fourth-order valence-electron chi connectivity index (χ4n) is 3.23. The van der Waals surface area contributed by atoms with Crippen LogP contribution in [0.15, 0.2) is 11.1 Å². The molecule has 2 aromatic heterocycles. The Morgan fingerprint density at radius 3 is 2.86 bits per heavy atom. The van der Waals surface area contributed by atoms with Crippen LogP contribution >= 0.6 is 0 Å². The van der Waals surface area contributed by atoms with Crippen LogP contribution in [0.2, 0.25) is 0 Å². The molecule has 0 radical (unpaired) electrons. The number of aromatic nitrogens is 4. The summed E-state index contributed by atoms with van der Waals surface area (Å²) in [4.78, 5) is 19.5. The second-order valence-corrected chi connectivity index (χ2v) is 5.95. The van der Waals surface area contributed by atoms with E-state index in [9.17, 15) is 4.79 Å². The summed E-state index contributed by atoms with van der Waals surface area (Å²) in [6.07, 6.45) is 6.12. The van der Waals surface area contributed by atoms with E-state index in [1.807, 2.05) is 14.0 Å². The summed E-state index contributed by atoms with van der Waals surface area (Å²) >= 11 is 0. The highest BCUT2D eigenvalue weighted by Gasteiger charge is 2.21. The fourth-order valence-corrected chi connectivity index (χ4v) is 3.23. The highest BCUT2D eigenvalue weighted by molar-refractivity contribution is 5.76. The number of rotatable bonds is 3. The van der Waals surface area contributed by atoms with Crippen molar-refractivity contribution < 1.29 is 0 Å². The van der Waals surface area contributed by atoms with Gasteiger partial charge in [0.15, 0.2) is 5.52 Å². The van der Waals surface area contributed by atoms with Gasteiger partial charge in [0, 0.05) is 19.6 Å². The highest BCUT2D eigenvalue weighted by Crippen LogP contribution is 2.17. The molecule has 0 bridgehead atoms. The maximum absolute atomic E-state index is 12.7. The predicted molar refractivity (Wildman–Crippen MR) is 82.4 cm³/mol. The Hall–Kier alpha value is -1.69. The van der Waals surface area contributed by atoms with Crippen molar-refractivity contribution >= 4 is 11.0 Å². The third kappa shape index (κ3) is 2.48. The molecule has 3 heterocycles. The Morgan fingerprint density at radius 1 is 1.33 bits per heavy atom. The second kappa shape index (κ2) is 5.60. The maximum Gasteiger partial charge on any atom is 0.279 e. The van der Waals surface area contributed by atoms with Crippen LogP contribution in [0.4, 0.5) is 0 Å². The van der Waals surface area contributed by atoms with Crippen LogP contribution in [0.1, 0.15) is 31.9 Å². The first-order valence-electron chi connectivity index (χ1n) is 7.73. The molecule has 0 saturated carbocycles. The number of nitrogens with zero attached hydrogens (tertiary/aromatic N) is 5. The third-order valence-electron chi connectivity index (χ3n) is 4.55. The number of aryl methyl sites for hydroxylation is 2. The van der Waals surface area contributed by atoms with Crippen molar-refractivity contribution in [3.8, 4) is 0 Å². The van der Waals surface area contributed by atoms with Crippen LogP contribution in [0.25, 0.3) is 11.0 Å². The van der Waals surface area contributed by atoms with Crippen molar-refractivity contribution in [1.29, 1.82) is 0 Å². The van der Waals surface area contributed by atoms with Crippen molar-refractivity contribution in [3.05, 3.63) is 22.4 Å². The Balaban J connectivity index is 1.98. The zero-order valence-corrected chi connectivity index (χ0v) is 13.0. The van der Waals surface area contributed by atoms with E-state index in [1.165, 1.54) is 12.8 Å². The molecular formula is C15H23N5O. The molecular weight excluding hydrogens is 266 g/mol. The van der Waals surface area contributed by atoms with Crippen LogP contribution < -0.4 is 5.56 Å². The van der Waals surface area contributed by atoms with Gasteiger partial charge in [-0.2, -0.15) is 5.10 Å². The van der Waals surface area contributed by atoms with Gasteiger partial charge in [0.25, 0.3) is 5.56 Å². The smallest absolute Gasteiger partial charge is 0.279 e. The van der Waals surface area contributed by atoms with Crippen LogP contribution in [0.3, 0.4) is 0 Å². The molecule has 0 aliphatic carbocycles. The van der Waals surface area contributed by atoms with Gasteiger partial charge in [-0.05, 0) is 32.9 Å². The van der Waals surface area contributed by atoms with E-state index in [4.69, 9.17) is 0 Å². The minimum Gasteiger partial charge on any atom is -0.302 e. The van der Waals surface area contributed by atoms with E-state index < -0.39 is 0 Å². The summed E-state index contributed by atoms with van der Waals surface area (Å²) in [7, 11) is 3.96. The number of likely N-dealkylation sites (N-methyl/N-ethyl adjacent to an activating group) is 1. The molecule has 0 unspecified atom stereocenters. The first-order valence-corrected chi connectivity index (χ1v) is 7.73. The molecule has 1 atom stereocenters. The molecule has 6 nitrogen and oxygen atoms in total. The topological polar surface area (TPSA) is 56.0 Å². The van der Waals surface area contributed by atoms with Gasteiger partial charge < -0.3 is 4.90 Å². The Kier molecular flexibility index (Phi) is 3.80. The number of hydrogen-bond donors (Lipinski definition) is 0. The van der Waals surface area contributed by atoms with Gasteiger partial charge in [0.1, 0.15) is 5.52 Å². The van der Waals surface area contributed by atoms with Crippen LogP contribution in [-0.2, 0) is 20.0 Å². The van der Waals surface area contributed by atoms with Gasteiger partial charge in [-0.1, -0.05) is 13.3 Å². The molecule has 0 aromatic carbocycles. The highest BCUT2D eigenvalue weighted by atomic mass is 16.1. The lowest BCUT2D eigenvalue weighted by molar-refractivity contribution is 0.166. The molecule has 3 rings (SSSR count). The van der Waals surface area contributed by atoms with Gasteiger partial charge in [-0.3, -0.25) is 14.0 Å². The normalized spacial score (nSPS) is 20.2. The molecule has 0 N–H and O–H groups in total. The number of hydrogen-bond acceptors (Lipinski definition) is 4. The van der Waals surface area contributed by atoms with E-state index in [0.29, 0.717) is 18.1 Å². The Morgan fingerprint density at radius 2 is 2.14 bits per heavy atom. The summed E-state index contributed by atoms with van der Waals surface area (Å²) in [5.41, 5.74) is 2.28. The lowest BCUT2D eigenvalue weighted by Gasteiger charge is -2.32. The van der Waals surface area contributed by atoms with E-state index in [0.717, 1.165) is 30.6 Å². The molecule has 6 heteroatoms. The quantitative estimate of drug-likeness (QED) is 0.851. The fraction of sp³-hybridized carbons (Fsp3) is 0.667. The first-order chi connectivity index (χ1) is 10.1. The van der Waals surface area contributed by atoms with E-state index in [2.05, 4.69) is 22.0 Å². The molecule has 1 aliphatic rings. The van der Waals surface area contributed by atoms with Crippen LogP contribution in [0.5, 0.6) is 0 Å². The van der Waals surface area contributed by atoms with Gasteiger partial charge in [0.2, 0.25) is 0 Å². The van der Waals surface area contributed by atoms with E-state index >= 15 is 0 Å². The van der Waals surface area contributed by atoms with Crippen molar-refractivity contribution in [1.82, 2.24) is 24.2 Å². The molecule has 1 saturated heterocycles. The molecule has 0 spiro atoms. The molecule has 1 aliphatic heterocycles. The third-order valence-corrected chi connectivity index (χ3v) is 4.55. The number of fused-ring (bicyclic) bond motifs is 1. The Bertz CT molecular complexity index is 702. The average Bonchev–Trinajstić information content (AvgIpc) is 2.81. The maximum atomic E-state index is 12.7. The average molecular weight is 289 g/mol. The minimum absolute atomic E-state index is 0.0219. The second-order valence-electron chi connectivity index (χ2n) is 5.95. The van der Waals surface area contributed by atoms with Crippen molar-refractivity contribution in [2.45, 2.75) is 45.2 Å². The molecule has 0 amide bonds. The summed E-state index contributed by atoms with van der Waals surface area (Å²) in [6, 6.07) is 0.426. The summed E-state index contributed by atoms with van der Waals surface area (Å²) in [6.45, 7) is 3.86. The molecule has 114 valence electrons. The number of likely N-dealkylation sites (tertiary alicyclic amines) is 1. The van der Waals surface area contributed by atoms with Crippen LogP contribution in [-0.4, -0.2) is 43.9 Å². The standard InChI is InChI=1S/C15H23N5O/c1-4-12-13-14(19(3)17-12)15(21)20(10-16-13)9-11-7-5-6-8-18(11)2/h10-11H,4-9H2,1-3H3/t11-/m0/s1. The lowest BCUT2D eigenvalue weighted by atomic mass is 10.0. The molecule has 1 fully saturated rings. The van der Waals surface area contributed by atoms with Crippen molar-refractivity contribution in [3.63, 3.8) is 0 Å². The number of piperidine rings is 1. The summed E-state index contributed by atoms with van der Waals surface area (Å²) < 4.78 is 3.42. The van der Waals surface area contributed by atoms with Gasteiger partial charge in [0.05, 0.1) is 12.0 Å². The molecule has 2 aromatic rings. The van der Waals surface area contributed by atoms with Crippen LogP contribution in [0, 0.1) is 0 Å². The zero-order valence-electron chi connectivity index (χ0n) is 13.0. The van der Waals surface area contributed by atoms with Crippen molar-refractivity contribution in [2.75, 3.05) is 13.6 Å². The minimum atomic E-state index is 0.0219. The van der Waals surface area contributed by atoms with E-state index in [-0.39, 0.29) is 5.56 Å². The predicted octanol–water partition coefficient (Wildman–Crippen LogP) is 1.18. The lowest BCUT2D eigenvalue weighted by Crippen LogP contribution is -2.41. The summed E-state index contributed by atoms with van der Waals surface area (Å²) in [5, 5.41) is 4.40. The van der Waals surface area contributed by atoms with Gasteiger partial charge in [-0.25, -0.2) is 4.98 Å². The Labute approximate surface area is 124 Å². The largest absolute Gasteiger partial charge is 0.302 e. The monoisotopic (exact) mass is 289 g/mol. The van der Waals surface area contributed by atoms with E-state index in [1.54, 1.807) is 15.6 Å².